The number of carbonyl (C=O) groups excluding carboxylic acids is 2. The van der Waals surface area contributed by atoms with E-state index in [4.69, 9.17) is 4.74 Å². The molecule has 0 spiro atoms. The molecule has 0 aliphatic carbocycles. The topological polar surface area (TPSA) is 56.3 Å². The summed E-state index contributed by atoms with van der Waals surface area (Å²) in [5, 5.41) is 0. The number of ether oxygens (including phenoxy) is 1. The third kappa shape index (κ3) is 8.66. The minimum absolute atomic E-state index is 0.0122. The molecule has 5 rings (SSSR count). The molecule has 2 amide bonds. The van der Waals surface area contributed by atoms with Crippen LogP contribution in [0.3, 0.4) is 0 Å². The lowest BCUT2D eigenvalue weighted by atomic mass is 10.1. The molecule has 0 atom stereocenters. The van der Waals surface area contributed by atoms with Crippen molar-refractivity contribution < 1.29 is 14.3 Å². The van der Waals surface area contributed by atoms with E-state index in [1.807, 2.05) is 76.5 Å². The van der Waals surface area contributed by atoms with Gasteiger partial charge in [-0.1, -0.05) is 69.3 Å². The molecule has 0 bridgehead atoms. The summed E-state index contributed by atoms with van der Waals surface area (Å²) in [6, 6.07) is 24.0. The third-order valence-corrected chi connectivity index (χ3v) is 8.71. The third-order valence-electron chi connectivity index (χ3n) is 8.71. The maximum Gasteiger partial charge on any atom is 0.254 e. The van der Waals surface area contributed by atoms with Crippen molar-refractivity contribution in [3.8, 4) is 5.75 Å². The molecule has 1 saturated heterocycles. The van der Waals surface area contributed by atoms with Crippen molar-refractivity contribution in [2.24, 2.45) is 5.92 Å². The van der Waals surface area contributed by atoms with Gasteiger partial charge in [0.1, 0.15) is 5.75 Å². The molecule has 7 heteroatoms. The molecule has 0 saturated carbocycles. The van der Waals surface area contributed by atoms with E-state index in [-0.39, 0.29) is 11.8 Å². The zero-order chi connectivity index (χ0) is 31.6. The van der Waals surface area contributed by atoms with E-state index in [1.54, 1.807) is 0 Å². The van der Waals surface area contributed by atoms with Gasteiger partial charge in [-0.15, -0.1) is 0 Å². The van der Waals surface area contributed by atoms with Gasteiger partial charge in [-0.25, -0.2) is 0 Å². The van der Waals surface area contributed by atoms with Gasteiger partial charge in [0.15, 0.2) is 0 Å². The standard InChI is InChI=1S/C38H50N4O3/c1-4-25-45-36-18-17-32(27-35(36)40-20-10-11-21-40)38(44)41-24-23-39(28-30(2)3)19-12-22-42(34-16-9-8-15-33(34)29-41)37(43)26-31-13-6-5-7-14-31/h5-9,13-18,27,30H,4,10-12,19-26,28-29H2,1-3H3. The molecule has 0 unspecified atom stereocenters. The largest absolute Gasteiger partial charge is 0.491 e. The van der Waals surface area contributed by atoms with Crippen LogP contribution in [0.2, 0.25) is 0 Å². The Kier molecular flexibility index (Phi) is 11.5. The number of fused-ring (bicyclic) bond motifs is 1. The van der Waals surface area contributed by atoms with E-state index in [1.165, 1.54) is 0 Å². The average Bonchev–Trinajstić information content (AvgIpc) is 3.58. The van der Waals surface area contributed by atoms with E-state index < -0.39 is 0 Å². The Bertz CT molecular complexity index is 1400. The number of rotatable bonds is 9. The van der Waals surface area contributed by atoms with Gasteiger partial charge in [0.05, 0.1) is 18.7 Å². The SMILES string of the molecule is CCCOc1ccc(C(=O)N2CCN(CC(C)C)CCCN(C(=O)Cc3ccccc3)c3ccccc3C2)cc1N1CCCC1. The summed E-state index contributed by atoms with van der Waals surface area (Å²) < 4.78 is 6.12. The van der Waals surface area contributed by atoms with Crippen LogP contribution in [0.4, 0.5) is 11.4 Å². The minimum Gasteiger partial charge on any atom is -0.491 e. The normalized spacial score (nSPS) is 16.4. The van der Waals surface area contributed by atoms with Crippen LogP contribution in [0.5, 0.6) is 5.75 Å². The first-order valence-corrected chi connectivity index (χ1v) is 16.9. The van der Waals surface area contributed by atoms with Crippen molar-refractivity contribution in [3.63, 3.8) is 0 Å². The Morgan fingerprint density at radius 2 is 1.56 bits per heavy atom. The van der Waals surface area contributed by atoms with Gasteiger partial charge in [0.25, 0.3) is 5.91 Å². The monoisotopic (exact) mass is 610 g/mol. The zero-order valence-electron chi connectivity index (χ0n) is 27.4. The van der Waals surface area contributed by atoms with Crippen LogP contribution in [-0.2, 0) is 17.8 Å². The van der Waals surface area contributed by atoms with Gasteiger partial charge >= 0.3 is 0 Å². The van der Waals surface area contributed by atoms with Gasteiger partial charge in [0, 0.05) is 57.1 Å². The van der Waals surface area contributed by atoms with Gasteiger partial charge in [-0.2, -0.15) is 0 Å². The van der Waals surface area contributed by atoms with Crippen molar-refractivity contribution in [3.05, 3.63) is 89.5 Å². The lowest BCUT2D eigenvalue weighted by molar-refractivity contribution is -0.118. The van der Waals surface area contributed by atoms with Crippen LogP contribution in [0.25, 0.3) is 0 Å². The first kappa shape index (κ1) is 32.6. The van der Waals surface area contributed by atoms with Gasteiger partial charge in [0.2, 0.25) is 5.91 Å². The number of para-hydroxylation sites is 1. The van der Waals surface area contributed by atoms with E-state index in [2.05, 4.69) is 36.6 Å². The number of hydrogen-bond acceptors (Lipinski definition) is 5. The summed E-state index contributed by atoms with van der Waals surface area (Å²) in [6.45, 7) is 13.5. The summed E-state index contributed by atoms with van der Waals surface area (Å²) in [5.41, 5.74) is 4.60. The van der Waals surface area contributed by atoms with Gasteiger partial charge < -0.3 is 24.3 Å². The number of hydrogen-bond donors (Lipinski definition) is 0. The summed E-state index contributed by atoms with van der Waals surface area (Å²) in [6.07, 6.45) is 4.46. The number of amides is 2. The van der Waals surface area contributed by atoms with Crippen molar-refractivity contribution >= 4 is 23.2 Å². The Morgan fingerprint density at radius 3 is 2.31 bits per heavy atom. The highest BCUT2D eigenvalue weighted by Gasteiger charge is 2.26. The second-order valence-electron chi connectivity index (χ2n) is 12.8. The fourth-order valence-electron chi connectivity index (χ4n) is 6.51. The van der Waals surface area contributed by atoms with E-state index in [0.717, 1.165) is 86.7 Å². The predicted octanol–water partition coefficient (Wildman–Crippen LogP) is 6.66. The molecule has 2 heterocycles. The Labute approximate surface area is 269 Å². The highest BCUT2D eigenvalue weighted by Crippen LogP contribution is 2.33. The molecule has 3 aromatic carbocycles. The van der Waals surface area contributed by atoms with Gasteiger partial charge in [-0.05, 0) is 73.5 Å². The van der Waals surface area contributed by atoms with E-state index in [0.29, 0.717) is 44.1 Å². The van der Waals surface area contributed by atoms with Crippen molar-refractivity contribution in [2.45, 2.75) is 59.4 Å². The van der Waals surface area contributed by atoms with Crippen LogP contribution in [0, 0.1) is 5.92 Å². The molecule has 3 aromatic rings. The first-order valence-electron chi connectivity index (χ1n) is 16.9. The van der Waals surface area contributed by atoms with Crippen LogP contribution < -0.4 is 14.5 Å². The second kappa shape index (κ2) is 15.9. The van der Waals surface area contributed by atoms with Gasteiger partial charge in [-0.3, -0.25) is 9.59 Å². The van der Waals surface area contributed by atoms with Crippen molar-refractivity contribution in [2.75, 3.05) is 62.2 Å². The molecule has 2 aliphatic rings. The van der Waals surface area contributed by atoms with Crippen molar-refractivity contribution in [1.29, 1.82) is 0 Å². The number of benzene rings is 3. The lowest BCUT2D eigenvalue weighted by Gasteiger charge is -2.29. The molecule has 7 nitrogen and oxygen atoms in total. The van der Waals surface area contributed by atoms with E-state index in [9.17, 15) is 9.59 Å². The highest BCUT2D eigenvalue weighted by atomic mass is 16.5. The maximum atomic E-state index is 14.4. The van der Waals surface area contributed by atoms with Crippen LogP contribution in [0.15, 0.2) is 72.8 Å². The molecule has 240 valence electrons. The molecule has 0 aromatic heterocycles. The number of anilines is 2. The average molecular weight is 611 g/mol. The summed E-state index contributed by atoms with van der Waals surface area (Å²) in [7, 11) is 0. The molecular formula is C38H50N4O3. The molecule has 0 radical (unpaired) electrons. The van der Waals surface area contributed by atoms with Crippen LogP contribution >= 0.6 is 0 Å². The first-order chi connectivity index (χ1) is 21.9. The minimum atomic E-state index is 0.0122. The highest BCUT2D eigenvalue weighted by molar-refractivity contribution is 5.97. The van der Waals surface area contributed by atoms with E-state index >= 15 is 0 Å². The van der Waals surface area contributed by atoms with Crippen LogP contribution in [-0.4, -0.2) is 74.0 Å². The second-order valence-corrected chi connectivity index (χ2v) is 12.8. The quantitative estimate of drug-likeness (QED) is 0.271. The summed E-state index contributed by atoms with van der Waals surface area (Å²) in [4.78, 5) is 37.0. The Balaban J connectivity index is 1.47. The Morgan fingerprint density at radius 1 is 0.800 bits per heavy atom. The molecule has 1 fully saturated rings. The van der Waals surface area contributed by atoms with Crippen LogP contribution in [0.1, 0.15) is 67.9 Å². The smallest absolute Gasteiger partial charge is 0.254 e. The summed E-state index contributed by atoms with van der Waals surface area (Å²) >= 11 is 0. The molecule has 0 N–H and O–H groups in total. The zero-order valence-corrected chi connectivity index (χ0v) is 27.4. The number of nitrogens with zero attached hydrogens (tertiary/aromatic N) is 4. The molecule has 2 aliphatic heterocycles. The lowest BCUT2D eigenvalue weighted by Crippen LogP contribution is -2.40. The molecule has 45 heavy (non-hydrogen) atoms. The maximum absolute atomic E-state index is 14.4. The predicted molar refractivity (Wildman–Crippen MR) is 183 cm³/mol. The molecular weight excluding hydrogens is 560 g/mol. The van der Waals surface area contributed by atoms with Crippen molar-refractivity contribution in [1.82, 2.24) is 9.80 Å². The fourth-order valence-corrected chi connectivity index (χ4v) is 6.51. The Hall–Kier alpha value is -3.84. The summed E-state index contributed by atoms with van der Waals surface area (Å²) in [5.74, 6) is 1.46. The number of carbonyl (C=O) groups is 2. The fraction of sp³-hybridized carbons (Fsp3) is 0.474.